The highest BCUT2D eigenvalue weighted by atomic mass is 16.3. The molecule has 0 spiro atoms. The van der Waals surface area contributed by atoms with E-state index in [1.807, 2.05) is 30.4 Å². The van der Waals surface area contributed by atoms with Gasteiger partial charge in [-0.25, -0.2) is 4.98 Å². The molecule has 0 saturated heterocycles. The van der Waals surface area contributed by atoms with Crippen molar-refractivity contribution in [2.45, 2.75) is 19.8 Å². The van der Waals surface area contributed by atoms with E-state index in [4.69, 9.17) is 10.2 Å². The average Bonchev–Trinajstić information content (AvgIpc) is 2.69. The van der Waals surface area contributed by atoms with Crippen LogP contribution < -0.4 is 5.73 Å². The Morgan fingerprint density at radius 3 is 2.94 bits per heavy atom. The van der Waals surface area contributed by atoms with Gasteiger partial charge in [-0.2, -0.15) is 0 Å². The lowest BCUT2D eigenvalue weighted by Gasteiger charge is -1.93. The van der Waals surface area contributed by atoms with Crippen molar-refractivity contribution in [2.75, 3.05) is 6.54 Å². The number of nitrogens with two attached hydrogens (primary N) is 1. The van der Waals surface area contributed by atoms with Gasteiger partial charge in [0.15, 0.2) is 11.5 Å². The molecule has 0 fully saturated rings. The molecule has 1 aromatic heterocycles. The highest BCUT2D eigenvalue weighted by molar-refractivity contribution is 5.76. The van der Waals surface area contributed by atoms with Crippen LogP contribution in [0, 0.1) is 0 Å². The molecule has 0 bridgehead atoms. The van der Waals surface area contributed by atoms with Crippen molar-refractivity contribution in [3.63, 3.8) is 0 Å². The van der Waals surface area contributed by atoms with E-state index >= 15 is 0 Å². The maximum Gasteiger partial charge on any atom is 0.198 e. The second kappa shape index (κ2) is 4.49. The van der Waals surface area contributed by atoms with Gasteiger partial charge in [-0.15, -0.1) is 0 Å². The van der Waals surface area contributed by atoms with E-state index in [2.05, 4.69) is 18.8 Å². The largest absolute Gasteiger partial charge is 0.440 e. The number of fused-ring (bicyclic) bond motifs is 1. The van der Waals surface area contributed by atoms with Gasteiger partial charge in [-0.05, 0) is 17.7 Å². The van der Waals surface area contributed by atoms with E-state index in [9.17, 15) is 0 Å². The topological polar surface area (TPSA) is 52.0 Å². The van der Waals surface area contributed by atoms with Crippen molar-refractivity contribution < 1.29 is 4.42 Å². The third-order valence-electron chi connectivity index (χ3n) is 2.37. The van der Waals surface area contributed by atoms with Crippen molar-refractivity contribution in [3.8, 4) is 0 Å². The lowest BCUT2D eigenvalue weighted by molar-refractivity contribution is 0.501. The van der Waals surface area contributed by atoms with Crippen LogP contribution in [-0.2, 0) is 0 Å². The minimum Gasteiger partial charge on any atom is -0.440 e. The number of nitrogens with zero attached hydrogens (tertiary/aromatic N) is 1. The Morgan fingerprint density at radius 1 is 1.44 bits per heavy atom. The Kier molecular flexibility index (Phi) is 3.06. The molecule has 0 aliphatic rings. The van der Waals surface area contributed by atoms with Crippen LogP contribution in [0.1, 0.15) is 31.2 Å². The molecule has 0 saturated carbocycles. The zero-order valence-corrected chi connectivity index (χ0v) is 9.60. The first-order valence-corrected chi connectivity index (χ1v) is 5.48. The lowest BCUT2D eigenvalue weighted by atomic mass is 10.2. The molecule has 0 aliphatic carbocycles. The molecule has 2 aromatic rings. The summed E-state index contributed by atoms with van der Waals surface area (Å²) in [4.78, 5) is 4.45. The fourth-order valence-corrected chi connectivity index (χ4v) is 1.52. The Hall–Kier alpha value is -1.61. The third-order valence-corrected chi connectivity index (χ3v) is 2.37. The fourth-order valence-electron chi connectivity index (χ4n) is 1.52. The standard InChI is InChI=1S/C13H16N2O/c1-9(2)13-15-11-8-10(4-3-7-14)5-6-12(11)16-13/h3-6,8-9H,7,14H2,1-2H3/b4-3+. The van der Waals surface area contributed by atoms with Gasteiger partial charge in [0, 0.05) is 12.5 Å². The van der Waals surface area contributed by atoms with Crippen LogP contribution in [0.15, 0.2) is 28.7 Å². The van der Waals surface area contributed by atoms with Crippen LogP contribution in [0.25, 0.3) is 17.2 Å². The van der Waals surface area contributed by atoms with Crippen molar-refractivity contribution >= 4 is 17.2 Å². The first-order valence-electron chi connectivity index (χ1n) is 5.48. The highest BCUT2D eigenvalue weighted by Crippen LogP contribution is 2.22. The lowest BCUT2D eigenvalue weighted by Crippen LogP contribution is -1.91. The summed E-state index contributed by atoms with van der Waals surface area (Å²) in [5.41, 5.74) is 8.26. The number of rotatable bonds is 3. The molecule has 0 radical (unpaired) electrons. The molecular formula is C13H16N2O. The summed E-state index contributed by atoms with van der Waals surface area (Å²) >= 11 is 0. The van der Waals surface area contributed by atoms with Crippen molar-refractivity contribution in [1.82, 2.24) is 4.98 Å². The molecule has 2 rings (SSSR count). The minimum atomic E-state index is 0.315. The molecule has 84 valence electrons. The van der Waals surface area contributed by atoms with Gasteiger partial charge in [-0.1, -0.05) is 32.1 Å². The van der Waals surface area contributed by atoms with Gasteiger partial charge in [0.05, 0.1) is 0 Å². The zero-order chi connectivity index (χ0) is 11.5. The van der Waals surface area contributed by atoms with Gasteiger partial charge in [0.25, 0.3) is 0 Å². The maximum atomic E-state index is 5.63. The third kappa shape index (κ3) is 2.14. The smallest absolute Gasteiger partial charge is 0.198 e. The van der Waals surface area contributed by atoms with E-state index in [0.29, 0.717) is 12.5 Å². The first-order chi connectivity index (χ1) is 7.70. The quantitative estimate of drug-likeness (QED) is 0.858. The molecule has 0 atom stereocenters. The number of hydrogen-bond donors (Lipinski definition) is 1. The Balaban J connectivity index is 2.41. The SMILES string of the molecule is CC(C)c1nc2cc(/C=C/CN)ccc2o1. The van der Waals surface area contributed by atoms with E-state index in [0.717, 1.165) is 22.6 Å². The van der Waals surface area contributed by atoms with Gasteiger partial charge < -0.3 is 10.2 Å². The van der Waals surface area contributed by atoms with Crippen molar-refractivity contribution in [1.29, 1.82) is 0 Å². The Bertz CT molecular complexity index is 512. The number of oxazole rings is 1. The molecule has 0 aliphatic heterocycles. The monoisotopic (exact) mass is 216 g/mol. The minimum absolute atomic E-state index is 0.315. The van der Waals surface area contributed by atoms with Gasteiger partial charge in [-0.3, -0.25) is 0 Å². The van der Waals surface area contributed by atoms with Crippen molar-refractivity contribution in [3.05, 3.63) is 35.7 Å². The summed E-state index contributed by atoms with van der Waals surface area (Å²) in [6, 6.07) is 5.96. The molecule has 3 nitrogen and oxygen atoms in total. The number of hydrogen-bond acceptors (Lipinski definition) is 3. The normalized spacial score (nSPS) is 12.0. The molecule has 1 heterocycles. The van der Waals surface area contributed by atoms with Crippen LogP contribution in [0.4, 0.5) is 0 Å². The molecular weight excluding hydrogens is 200 g/mol. The van der Waals surface area contributed by atoms with Crippen LogP contribution >= 0.6 is 0 Å². The average molecular weight is 216 g/mol. The fraction of sp³-hybridized carbons (Fsp3) is 0.308. The predicted molar refractivity (Wildman–Crippen MR) is 66.2 cm³/mol. The summed E-state index contributed by atoms with van der Waals surface area (Å²) < 4.78 is 5.63. The van der Waals surface area contributed by atoms with Crippen LogP contribution in [0.5, 0.6) is 0 Å². The van der Waals surface area contributed by atoms with E-state index in [1.165, 1.54) is 0 Å². The second-order valence-electron chi connectivity index (χ2n) is 4.07. The van der Waals surface area contributed by atoms with Crippen LogP contribution in [-0.4, -0.2) is 11.5 Å². The van der Waals surface area contributed by atoms with Gasteiger partial charge >= 0.3 is 0 Å². The van der Waals surface area contributed by atoms with E-state index in [-0.39, 0.29) is 0 Å². The maximum absolute atomic E-state index is 5.63. The van der Waals surface area contributed by atoms with Crippen molar-refractivity contribution in [2.24, 2.45) is 5.73 Å². The summed E-state index contributed by atoms with van der Waals surface area (Å²) in [6.07, 6.45) is 3.91. The first kappa shape index (κ1) is 10.9. The number of benzene rings is 1. The van der Waals surface area contributed by atoms with E-state index in [1.54, 1.807) is 0 Å². The van der Waals surface area contributed by atoms with Gasteiger partial charge in [0.2, 0.25) is 0 Å². The Labute approximate surface area is 95.0 Å². The second-order valence-corrected chi connectivity index (χ2v) is 4.07. The zero-order valence-electron chi connectivity index (χ0n) is 9.60. The molecule has 3 heteroatoms. The summed E-state index contributed by atoms with van der Waals surface area (Å²) in [5, 5.41) is 0. The molecule has 0 amide bonds. The summed E-state index contributed by atoms with van der Waals surface area (Å²) in [6.45, 7) is 4.69. The molecule has 16 heavy (non-hydrogen) atoms. The van der Waals surface area contributed by atoms with Gasteiger partial charge in [0.1, 0.15) is 5.52 Å². The van der Waals surface area contributed by atoms with E-state index < -0.39 is 0 Å². The molecule has 2 N–H and O–H groups in total. The number of aromatic nitrogens is 1. The predicted octanol–water partition coefficient (Wildman–Crippen LogP) is 2.92. The highest BCUT2D eigenvalue weighted by Gasteiger charge is 2.08. The van der Waals surface area contributed by atoms with Crippen LogP contribution in [0.2, 0.25) is 0 Å². The Morgan fingerprint density at radius 2 is 2.25 bits per heavy atom. The summed E-state index contributed by atoms with van der Waals surface area (Å²) in [7, 11) is 0. The summed E-state index contributed by atoms with van der Waals surface area (Å²) in [5.74, 6) is 1.10. The van der Waals surface area contributed by atoms with Crippen LogP contribution in [0.3, 0.4) is 0 Å². The molecule has 0 unspecified atom stereocenters. The molecule has 1 aromatic carbocycles.